The molecule has 110 valence electrons. The molecule has 20 heavy (non-hydrogen) atoms. The molecule has 0 saturated carbocycles. The molecule has 3 rings (SSSR count). The van der Waals surface area contributed by atoms with Crippen LogP contribution >= 0.6 is 11.6 Å². The summed E-state index contributed by atoms with van der Waals surface area (Å²) in [7, 11) is -3.44. The number of hydrogen-bond donors (Lipinski definition) is 0. The molecule has 1 aromatic rings. The Kier molecular flexibility index (Phi) is 3.79. The average molecular weight is 316 g/mol. The maximum absolute atomic E-state index is 12.7. The minimum atomic E-state index is -3.44. The van der Waals surface area contributed by atoms with Gasteiger partial charge in [-0.15, -0.1) is 11.6 Å². The molecule has 6 heteroatoms. The Morgan fingerprint density at radius 2 is 1.95 bits per heavy atom. The molecule has 0 N–H and O–H groups in total. The molecular weight excluding hydrogens is 298 g/mol. The van der Waals surface area contributed by atoms with E-state index in [0.717, 1.165) is 24.0 Å². The zero-order chi connectivity index (χ0) is 14.3. The van der Waals surface area contributed by atoms with E-state index in [1.165, 1.54) is 0 Å². The summed E-state index contributed by atoms with van der Waals surface area (Å²) in [6.45, 7) is 2.86. The number of sulfonamides is 1. The van der Waals surface area contributed by atoms with E-state index in [2.05, 4.69) is 0 Å². The second-order valence-corrected chi connectivity index (χ2v) is 7.71. The van der Waals surface area contributed by atoms with Crippen LogP contribution in [0.4, 0.5) is 0 Å². The summed E-state index contributed by atoms with van der Waals surface area (Å²) in [5.41, 5.74) is 1.88. The fourth-order valence-electron chi connectivity index (χ4n) is 2.88. The van der Waals surface area contributed by atoms with Crippen molar-refractivity contribution in [3.63, 3.8) is 0 Å². The Hall–Kier alpha value is -0.620. The van der Waals surface area contributed by atoms with Crippen molar-refractivity contribution in [1.82, 2.24) is 4.31 Å². The molecule has 2 saturated heterocycles. The number of benzene rings is 1. The standard InChI is InChI=1S/C14H18ClNO3S/c1-10-2-5-14(6-11(10)7-15)20(17,18)16-8-12-3-4-13(9-16)19-12/h2,5-6,12-13H,3-4,7-9H2,1H3. The molecule has 4 nitrogen and oxygen atoms in total. The van der Waals surface area contributed by atoms with Crippen LogP contribution in [0.25, 0.3) is 0 Å². The van der Waals surface area contributed by atoms with Crippen molar-refractivity contribution in [3.05, 3.63) is 29.3 Å². The van der Waals surface area contributed by atoms with Gasteiger partial charge in [0.2, 0.25) is 10.0 Å². The van der Waals surface area contributed by atoms with E-state index in [1.807, 2.05) is 13.0 Å². The van der Waals surface area contributed by atoms with Gasteiger partial charge in [0.15, 0.2) is 0 Å². The van der Waals surface area contributed by atoms with E-state index in [4.69, 9.17) is 16.3 Å². The minimum absolute atomic E-state index is 0.0569. The summed E-state index contributed by atoms with van der Waals surface area (Å²) in [6.07, 6.45) is 2.03. The monoisotopic (exact) mass is 315 g/mol. The molecule has 2 unspecified atom stereocenters. The molecule has 0 aliphatic carbocycles. The summed E-state index contributed by atoms with van der Waals surface area (Å²) in [4.78, 5) is 0.333. The van der Waals surface area contributed by atoms with Crippen LogP contribution in [0.5, 0.6) is 0 Å². The number of alkyl halides is 1. The van der Waals surface area contributed by atoms with Gasteiger partial charge in [0.05, 0.1) is 17.1 Å². The lowest BCUT2D eigenvalue weighted by atomic mass is 10.1. The van der Waals surface area contributed by atoms with Gasteiger partial charge in [0.25, 0.3) is 0 Å². The number of nitrogens with zero attached hydrogens (tertiary/aromatic N) is 1. The predicted octanol–water partition coefficient (Wildman–Crippen LogP) is 2.29. The van der Waals surface area contributed by atoms with Crippen LogP contribution in [0.2, 0.25) is 0 Å². The SMILES string of the molecule is Cc1ccc(S(=O)(=O)N2CC3CCC(C2)O3)cc1CCl. The summed E-state index contributed by atoms with van der Waals surface area (Å²) >= 11 is 5.87. The highest BCUT2D eigenvalue weighted by atomic mass is 35.5. The van der Waals surface area contributed by atoms with Crippen molar-refractivity contribution >= 4 is 21.6 Å². The van der Waals surface area contributed by atoms with Gasteiger partial charge in [-0.25, -0.2) is 8.42 Å². The molecule has 2 atom stereocenters. The van der Waals surface area contributed by atoms with Crippen molar-refractivity contribution in [2.45, 2.75) is 42.7 Å². The molecule has 0 aromatic heterocycles. The summed E-state index contributed by atoms with van der Waals surface area (Å²) in [5.74, 6) is 0.323. The fraction of sp³-hybridized carbons (Fsp3) is 0.571. The molecule has 2 aliphatic heterocycles. The Morgan fingerprint density at radius 3 is 2.55 bits per heavy atom. The highest BCUT2D eigenvalue weighted by Gasteiger charge is 2.39. The second kappa shape index (κ2) is 5.30. The first-order valence-corrected chi connectivity index (χ1v) is 8.79. The van der Waals surface area contributed by atoms with Crippen LogP contribution < -0.4 is 0 Å². The molecule has 2 bridgehead atoms. The highest BCUT2D eigenvalue weighted by molar-refractivity contribution is 7.89. The Bertz CT molecular complexity index is 605. The first-order chi connectivity index (χ1) is 9.50. The second-order valence-electron chi connectivity index (χ2n) is 5.50. The molecule has 1 aromatic carbocycles. The fourth-order valence-corrected chi connectivity index (χ4v) is 4.72. The largest absolute Gasteiger partial charge is 0.372 e. The number of aryl methyl sites for hydroxylation is 1. The molecule has 2 fully saturated rings. The topological polar surface area (TPSA) is 46.6 Å². The van der Waals surface area contributed by atoms with Gasteiger partial charge in [0.1, 0.15) is 0 Å². The third kappa shape index (κ3) is 2.48. The average Bonchev–Trinajstić information content (AvgIpc) is 2.77. The third-order valence-corrected chi connectivity index (χ3v) is 6.23. The van der Waals surface area contributed by atoms with Crippen molar-refractivity contribution in [3.8, 4) is 0 Å². The molecule has 2 heterocycles. The quantitative estimate of drug-likeness (QED) is 0.804. The number of ether oxygens (including phenoxy) is 1. The molecule has 0 spiro atoms. The lowest BCUT2D eigenvalue weighted by Crippen LogP contribution is -2.45. The third-order valence-electron chi connectivity index (χ3n) is 4.11. The van der Waals surface area contributed by atoms with Gasteiger partial charge in [-0.2, -0.15) is 4.31 Å². The molecule has 0 amide bonds. The number of hydrogen-bond acceptors (Lipinski definition) is 3. The van der Waals surface area contributed by atoms with Gasteiger partial charge in [-0.3, -0.25) is 0 Å². The van der Waals surface area contributed by atoms with E-state index < -0.39 is 10.0 Å². The molecule has 0 radical (unpaired) electrons. The number of fused-ring (bicyclic) bond motifs is 2. The van der Waals surface area contributed by atoms with Gasteiger partial charge >= 0.3 is 0 Å². The molecule has 2 aliphatic rings. The minimum Gasteiger partial charge on any atom is -0.372 e. The van der Waals surface area contributed by atoms with Crippen LogP contribution in [0.1, 0.15) is 24.0 Å². The zero-order valence-corrected chi connectivity index (χ0v) is 13.0. The number of morpholine rings is 1. The Morgan fingerprint density at radius 1 is 1.30 bits per heavy atom. The number of halogens is 1. The Balaban J connectivity index is 1.92. The molecular formula is C14H18ClNO3S. The predicted molar refractivity (Wildman–Crippen MR) is 77.4 cm³/mol. The lowest BCUT2D eigenvalue weighted by molar-refractivity contribution is -0.0114. The maximum Gasteiger partial charge on any atom is 0.243 e. The first-order valence-electron chi connectivity index (χ1n) is 6.82. The maximum atomic E-state index is 12.7. The summed E-state index contributed by atoms with van der Waals surface area (Å²) in [5, 5.41) is 0. The van der Waals surface area contributed by atoms with E-state index in [1.54, 1.807) is 16.4 Å². The summed E-state index contributed by atoms with van der Waals surface area (Å²) in [6, 6.07) is 5.17. The van der Waals surface area contributed by atoms with Crippen molar-refractivity contribution in [2.24, 2.45) is 0 Å². The van der Waals surface area contributed by atoms with E-state index >= 15 is 0 Å². The van der Waals surface area contributed by atoms with E-state index in [0.29, 0.717) is 23.9 Å². The smallest absolute Gasteiger partial charge is 0.243 e. The van der Waals surface area contributed by atoms with Crippen LogP contribution in [-0.4, -0.2) is 38.0 Å². The van der Waals surface area contributed by atoms with Crippen LogP contribution in [-0.2, 0) is 20.6 Å². The van der Waals surface area contributed by atoms with E-state index in [9.17, 15) is 8.42 Å². The zero-order valence-electron chi connectivity index (χ0n) is 11.4. The first kappa shape index (κ1) is 14.3. The van der Waals surface area contributed by atoms with Crippen LogP contribution in [0.15, 0.2) is 23.1 Å². The normalized spacial score (nSPS) is 26.9. The van der Waals surface area contributed by atoms with Crippen molar-refractivity contribution in [2.75, 3.05) is 13.1 Å². The van der Waals surface area contributed by atoms with Gasteiger partial charge in [-0.1, -0.05) is 6.07 Å². The summed E-state index contributed by atoms with van der Waals surface area (Å²) < 4.78 is 32.7. The van der Waals surface area contributed by atoms with Crippen LogP contribution in [0.3, 0.4) is 0 Å². The highest BCUT2D eigenvalue weighted by Crippen LogP contribution is 2.30. The van der Waals surface area contributed by atoms with Crippen molar-refractivity contribution in [1.29, 1.82) is 0 Å². The number of rotatable bonds is 3. The Labute approximate surface area is 124 Å². The van der Waals surface area contributed by atoms with Gasteiger partial charge in [-0.05, 0) is 43.0 Å². The lowest BCUT2D eigenvalue weighted by Gasteiger charge is -2.31. The van der Waals surface area contributed by atoms with Gasteiger partial charge in [0, 0.05) is 19.0 Å². The van der Waals surface area contributed by atoms with Crippen molar-refractivity contribution < 1.29 is 13.2 Å². The van der Waals surface area contributed by atoms with Crippen LogP contribution in [0, 0.1) is 6.92 Å². The van der Waals surface area contributed by atoms with Gasteiger partial charge < -0.3 is 4.74 Å². The van der Waals surface area contributed by atoms with E-state index in [-0.39, 0.29) is 12.2 Å².